The fourth-order valence-electron chi connectivity index (χ4n) is 2.89. The van der Waals surface area contributed by atoms with Gasteiger partial charge in [0.25, 0.3) is 0 Å². The summed E-state index contributed by atoms with van der Waals surface area (Å²) in [6.45, 7) is 3.13. The van der Waals surface area contributed by atoms with Crippen molar-refractivity contribution in [2.75, 3.05) is 26.2 Å². The molecule has 0 aliphatic carbocycles. The minimum Gasteiger partial charge on any atom is -0.489 e. The molecule has 0 spiro atoms. The molecular weight excluding hydrogens is 354 g/mol. The fourth-order valence-corrected chi connectivity index (χ4v) is 3.01. The lowest BCUT2D eigenvalue weighted by Crippen LogP contribution is -2.39. The molecule has 0 unspecified atom stereocenters. The molecule has 1 fully saturated rings. The van der Waals surface area contributed by atoms with Crippen molar-refractivity contribution in [1.29, 1.82) is 0 Å². The Hall–Kier alpha value is -2.08. The highest BCUT2D eigenvalue weighted by Gasteiger charge is 2.22. The zero-order chi connectivity index (χ0) is 18.4. The zero-order valence-corrected chi connectivity index (χ0v) is 15.2. The Morgan fingerprint density at radius 1 is 1.19 bits per heavy atom. The first kappa shape index (κ1) is 18.7. The number of carboxylic acids is 1. The van der Waals surface area contributed by atoms with Crippen molar-refractivity contribution in [3.8, 4) is 5.75 Å². The average molecular weight is 376 g/mol. The molecule has 1 aliphatic rings. The molecule has 0 saturated carbocycles. The van der Waals surface area contributed by atoms with Gasteiger partial charge in [0.1, 0.15) is 12.4 Å². The van der Waals surface area contributed by atoms with E-state index in [4.69, 9.17) is 26.2 Å². The van der Waals surface area contributed by atoms with Crippen LogP contribution in [0.1, 0.15) is 23.7 Å². The van der Waals surface area contributed by atoms with Gasteiger partial charge in [0.05, 0.1) is 19.1 Å². The van der Waals surface area contributed by atoms with Crippen LogP contribution in [0.4, 0.5) is 0 Å². The van der Waals surface area contributed by atoms with Gasteiger partial charge < -0.3 is 14.6 Å². The van der Waals surface area contributed by atoms with Crippen molar-refractivity contribution in [3.63, 3.8) is 0 Å². The van der Waals surface area contributed by atoms with E-state index in [-0.39, 0.29) is 12.5 Å². The van der Waals surface area contributed by atoms with Gasteiger partial charge in [-0.25, -0.2) is 0 Å². The maximum absolute atomic E-state index is 10.7. The van der Waals surface area contributed by atoms with Crippen molar-refractivity contribution in [2.45, 2.75) is 19.1 Å². The molecule has 5 nitrogen and oxygen atoms in total. The van der Waals surface area contributed by atoms with Crippen LogP contribution in [-0.4, -0.2) is 42.2 Å². The summed E-state index contributed by atoms with van der Waals surface area (Å²) in [7, 11) is 0. The van der Waals surface area contributed by atoms with Gasteiger partial charge in [-0.2, -0.15) is 0 Å². The molecule has 1 N–H and O–H groups in total. The second-order valence-corrected chi connectivity index (χ2v) is 6.72. The number of morpholine rings is 1. The highest BCUT2D eigenvalue weighted by atomic mass is 35.5. The third kappa shape index (κ3) is 5.46. The summed E-state index contributed by atoms with van der Waals surface area (Å²) in [5.74, 6) is 0.0254. The van der Waals surface area contributed by atoms with Gasteiger partial charge in [-0.3, -0.25) is 9.69 Å². The lowest BCUT2D eigenvalue weighted by atomic mass is 10.1. The lowest BCUT2D eigenvalue weighted by Gasteiger charge is -2.32. The predicted octanol–water partition coefficient (Wildman–Crippen LogP) is 3.77. The normalized spacial score (nSPS) is 17.8. The molecule has 3 rings (SSSR count). The molecule has 0 amide bonds. The van der Waals surface area contributed by atoms with E-state index in [2.05, 4.69) is 4.90 Å². The van der Waals surface area contributed by atoms with Gasteiger partial charge in [-0.15, -0.1) is 0 Å². The molecule has 1 aliphatic heterocycles. The summed E-state index contributed by atoms with van der Waals surface area (Å²) in [5.41, 5.74) is 2.13. The lowest BCUT2D eigenvalue weighted by molar-refractivity contribution is -0.137. The van der Waals surface area contributed by atoms with Gasteiger partial charge in [0.15, 0.2) is 0 Å². The Kier molecular flexibility index (Phi) is 6.50. The molecule has 138 valence electrons. The number of benzene rings is 2. The van der Waals surface area contributed by atoms with Crippen LogP contribution in [0.3, 0.4) is 0 Å². The summed E-state index contributed by atoms with van der Waals surface area (Å²) in [4.78, 5) is 12.9. The van der Waals surface area contributed by atoms with Crippen molar-refractivity contribution < 1.29 is 19.4 Å². The Balaban J connectivity index is 1.53. The van der Waals surface area contributed by atoms with E-state index >= 15 is 0 Å². The molecule has 1 saturated heterocycles. The number of carboxylic acid groups (broad SMARTS) is 1. The highest BCUT2D eigenvalue weighted by Crippen LogP contribution is 2.25. The van der Waals surface area contributed by atoms with Gasteiger partial charge in [-0.1, -0.05) is 35.9 Å². The molecule has 0 radical (unpaired) electrons. The van der Waals surface area contributed by atoms with Gasteiger partial charge >= 0.3 is 5.97 Å². The van der Waals surface area contributed by atoms with Crippen LogP contribution in [0.5, 0.6) is 5.75 Å². The second kappa shape index (κ2) is 9.03. The number of nitrogens with zero attached hydrogens (tertiary/aromatic N) is 1. The average Bonchev–Trinajstić information content (AvgIpc) is 2.67. The molecular formula is C20H22ClNO4. The first-order chi connectivity index (χ1) is 12.6. The van der Waals surface area contributed by atoms with Gasteiger partial charge in [0.2, 0.25) is 0 Å². The van der Waals surface area contributed by atoms with Gasteiger partial charge in [-0.05, 0) is 35.4 Å². The van der Waals surface area contributed by atoms with Crippen LogP contribution in [0.15, 0.2) is 48.5 Å². The molecule has 1 atom stereocenters. The topological polar surface area (TPSA) is 59.0 Å². The predicted molar refractivity (Wildman–Crippen MR) is 99.6 cm³/mol. The number of aliphatic carboxylic acids is 1. The molecule has 2 aromatic rings. The molecule has 26 heavy (non-hydrogen) atoms. The Morgan fingerprint density at radius 2 is 1.92 bits per heavy atom. The molecule has 0 aromatic heterocycles. The van der Waals surface area contributed by atoms with Crippen LogP contribution in [-0.2, 0) is 16.1 Å². The number of ether oxygens (including phenoxy) is 2. The monoisotopic (exact) mass is 375 g/mol. The maximum atomic E-state index is 10.7. The zero-order valence-electron chi connectivity index (χ0n) is 14.4. The summed E-state index contributed by atoms with van der Waals surface area (Å²) in [6, 6.07) is 15.5. The Morgan fingerprint density at radius 3 is 2.62 bits per heavy atom. The van der Waals surface area contributed by atoms with E-state index in [0.717, 1.165) is 23.4 Å². The first-order valence-corrected chi connectivity index (χ1v) is 9.01. The van der Waals surface area contributed by atoms with E-state index in [1.165, 1.54) is 0 Å². The minimum atomic E-state index is -0.768. The highest BCUT2D eigenvalue weighted by molar-refractivity contribution is 6.30. The van der Waals surface area contributed by atoms with Gasteiger partial charge in [0, 0.05) is 24.7 Å². The van der Waals surface area contributed by atoms with Crippen LogP contribution in [0.2, 0.25) is 5.02 Å². The SMILES string of the molecule is O=C(O)CCN1CCO[C@H](c2ccc(OCc3ccc(Cl)cc3)cc2)C1. The number of hydrogen-bond donors (Lipinski definition) is 1. The van der Waals surface area contributed by atoms with Crippen LogP contribution >= 0.6 is 11.6 Å². The number of rotatable bonds is 7. The van der Waals surface area contributed by atoms with E-state index < -0.39 is 5.97 Å². The molecule has 0 bridgehead atoms. The standard InChI is InChI=1S/C20H22ClNO4/c21-17-5-1-15(2-6-17)14-26-18-7-3-16(4-8-18)19-13-22(11-12-25-19)10-9-20(23)24/h1-8,19H,9-14H2,(H,23,24)/t19-/m0/s1. The third-order valence-corrected chi connectivity index (χ3v) is 4.62. The smallest absolute Gasteiger partial charge is 0.304 e. The minimum absolute atomic E-state index is 0.0390. The van der Waals surface area contributed by atoms with Crippen LogP contribution < -0.4 is 4.74 Å². The van der Waals surface area contributed by atoms with Crippen molar-refractivity contribution in [2.24, 2.45) is 0 Å². The van der Waals surface area contributed by atoms with Crippen LogP contribution in [0, 0.1) is 0 Å². The van der Waals surface area contributed by atoms with Crippen LogP contribution in [0.25, 0.3) is 0 Å². The quantitative estimate of drug-likeness (QED) is 0.798. The molecule has 1 heterocycles. The fraction of sp³-hybridized carbons (Fsp3) is 0.350. The number of hydrogen-bond acceptors (Lipinski definition) is 4. The number of carbonyl (C=O) groups is 1. The second-order valence-electron chi connectivity index (χ2n) is 6.29. The van der Waals surface area contributed by atoms with E-state index in [1.54, 1.807) is 0 Å². The summed E-state index contributed by atoms with van der Waals surface area (Å²) >= 11 is 5.88. The van der Waals surface area contributed by atoms with Crippen molar-refractivity contribution in [1.82, 2.24) is 4.90 Å². The van der Waals surface area contributed by atoms with E-state index in [0.29, 0.717) is 31.3 Å². The Bertz CT molecular complexity index is 718. The Labute approximate surface area is 158 Å². The van der Waals surface area contributed by atoms with E-state index in [1.807, 2.05) is 48.5 Å². The summed E-state index contributed by atoms with van der Waals surface area (Å²) in [6.07, 6.45) is 0.118. The summed E-state index contributed by atoms with van der Waals surface area (Å²) in [5, 5.41) is 9.54. The van der Waals surface area contributed by atoms with Crippen molar-refractivity contribution >= 4 is 17.6 Å². The number of halogens is 1. The largest absolute Gasteiger partial charge is 0.489 e. The molecule has 2 aromatic carbocycles. The van der Waals surface area contributed by atoms with E-state index in [9.17, 15) is 4.79 Å². The first-order valence-electron chi connectivity index (χ1n) is 8.63. The maximum Gasteiger partial charge on any atom is 0.304 e. The molecule has 6 heteroatoms. The third-order valence-electron chi connectivity index (χ3n) is 4.36. The summed E-state index contributed by atoms with van der Waals surface area (Å²) < 4.78 is 11.6. The van der Waals surface area contributed by atoms with Crippen molar-refractivity contribution in [3.05, 3.63) is 64.7 Å².